The Morgan fingerprint density at radius 3 is 1.69 bits per heavy atom. The molecule has 0 spiro atoms. The molecule has 0 unspecified atom stereocenters. The van der Waals surface area contributed by atoms with Crippen LogP contribution in [0.25, 0.3) is 20.9 Å². The molecule has 0 bridgehead atoms. The van der Waals surface area contributed by atoms with Crippen molar-refractivity contribution in [1.29, 1.82) is 0 Å². The first kappa shape index (κ1) is 9.05. The van der Waals surface area contributed by atoms with Crippen molar-refractivity contribution in [2.75, 3.05) is 0 Å². The first-order chi connectivity index (χ1) is 6.17. The highest BCUT2D eigenvalue weighted by Gasteiger charge is 2.55. The molecule has 0 heterocycles. The molecule has 0 N–H and O–H groups in total. The Morgan fingerprint density at radius 2 is 1.46 bits per heavy atom. The van der Waals surface area contributed by atoms with Gasteiger partial charge in [-0.1, -0.05) is 0 Å². The van der Waals surface area contributed by atoms with Crippen LogP contribution in [0.15, 0.2) is 10.2 Å². The molecule has 8 nitrogen and oxygen atoms in total. The number of carbonyl (C=O) groups is 2. The van der Waals surface area contributed by atoms with Crippen LogP contribution in [0.3, 0.4) is 0 Å². The molecule has 0 atom stereocenters. The number of carbonyl (C=O) groups excluding carboxylic acids is 2. The third-order valence-electron chi connectivity index (χ3n) is 1.84. The molecular formula is C5H4N6O2. The fourth-order valence-corrected chi connectivity index (χ4v) is 0.917. The number of rotatable bonds is 2. The minimum Gasteiger partial charge on any atom is -0.291 e. The maximum absolute atomic E-state index is 11.0. The van der Waals surface area contributed by atoms with Crippen molar-refractivity contribution < 1.29 is 9.59 Å². The highest BCUT2D eigenvalue weighted by molar-refractivity contribution is 6.08. The average molecular weight is 180 g/mol. The molecule has 1 saturated carbocycles. The molecule has 8 heteroatoms. The lowest BCUT2D eigenvalue weighted by Crippen LogP contribution is -2.21. The summed E-state index contributed by atoms with van der Waals surface area (Å²) in [6.45, 7) is 0. The Morgan fingerprint density at radius 1 is 1.08 bits per heavy atom. The molecule has 0 aromatic rings. The van der Waals surface area contributed by atoms with E-state index < -0.39 is 17.2 Å². The largest absolute Gasteiger partial charge is 0.291 e. The molecular weight excluding hydrogens is 176 g/mol. The van der Waals surface area contributed by atoms with Crippen LogP contribution in [0.5, 0.6) is 0 Å². The smallest absolute Gasteiger partial charge is 0.232 e. The Kier molecular flexibility index (Phi) is 2.19. The molecule has 1 rings (SSSR count). The molecule has 0 aromatic heterocycles. The number of hydrogen-bond acceptors (Lipinski definition) is 2. The highest BCUT2D eigenvalue weighted by Crippen LogP contribution is 2.48. The van der Waals surface area contributed by atoms with Crippen molar-refractivity contribution in [2.45, 2.75) is 12.8 Å². The molecule has 0 aliphatic heterocycles. The average Bonchev–Trinajstić information content (AvgIpc) is 2.85. The van der Waals surface area contributed by atoms with E-state index in [9.17, 15) is 9.59 Å². The van der Waals surface area contributed by atoms with Crippen LogP contribution in [0.4, 0.5) is 0 Å². The van der Waals surface area contributed by atoms with E-state index in [0.717, 1.165) is 0 Å². The summed E-state index contributed by atoms with van der Waals surface area (Å²) < 4.78 is 0. The first-order valence-corrected chi connectivity index (χ1v) is 3.36. The minimum atomic E-state index is -1.35. The summed E-state index contributed by atoms with van der Waals surface area (Å²) in [7, 11) is 0. The summed E-state index contributed by atoms with van der Waals surface area (Å²) in [6.07, 6.45) is 0.561. The number of azide groups is 2. The molecule has 0 radical (unpaired) electrons. The van der Waals surface area contributed by atoms with Crippen molar-refractivity contribution in [2.24, 2.45) is 15.6 Å². The second-order valence-corrected chi connectivity index (χ2v) is 2.57. The van der Waals surface area contributed by atoms with Crippen LogP contribution in [-0.4, -0.2) is 11.8 Å². The van der Waals surface area contributed by atoms with Gasteiger partial charge >= 0.3 is 0 Å². The topological polar surface area (TPSA) is 132 Å². The molecule has 0 aromatic carbocycles. The zero-order valence-corrected chi connectivity index (χ0v) is 6.41. The quantitative estimate of drug-likeness (QED) is 0.275. The van der Waals surface area contributed by atoms with E-state index in [4.69, 9.17) is 11.1 Å². The predicted molar refractivity (Wildman–Crippen MR) is 40.0 cm³/mol. The van der Waals surface area contributed by atoms with Gasteiger partial charge in [0.05, 0.1) is 0 Å². The van der Waals surface area contributed by atoms with Gasteiger partial charge in [-0.05, 0) is 34.1 Å². The fourth-order valence-electron chi connectivity index (χ4n) is 0.917. The van der Waals surface area contributed by atoms with Gasteiger partial charge in [-0.25, -0.2) is 0 Å². The Balaban J connectivity index is 2.89. The summed E-state index contributed by atoms with van der Waals surface area (Å²) >= 11 is 0. The lowest BCUT2D eigenvalue weighted by Gasteiger charge is -2.02. The Labute approximate surface area is 71.8 Å². The molecule has 1 aliphatic rings. The molecule has 1 aliphatic carbocycles. The SMILES string of the molecule is [N-]=[N+]=NC(=O)C1(C(=O)N=[N+]=[N-])CC1. The highest BCUT2D eigenvalue weighted by atomic mass is 16.2. The summed E-state index contributed by atoms with van der Waals surface area (Å²) in [5.74, 6) is -1.74. The van der Waals surface area contributed by atoms with E-state index in [2.05, 4.69) is 20.1 Å². The molecule has 1 fully saturated rings. The lowest BCUT2D eigenvalue weighted by atomic mass is 10.1. The fraction of sp³-hybridized carbons (Fsp3) is 0.600. The van der Waals surface area contributed by atoms with Crippen LogP contribution < -0.4 is 0 Å². The summed E-state index contributed by atoms with van der Waals surface area (Å²) in [5.41, 5.74) is 14.6. The third-order valence-corrected chi connectivity index (χ3v) is 1.84. The van der Waals surface area contributed by atoms with Crippen LogP contribution in [0.1, 0.15) is 12.8 Å². The summed E-state index contributed by atoms with van der Waals surface area (Å²) in [5, 5.41) is 5.60. The minimum absolute atomic E-state index is 0.280. The van der Waals surface area contributed by atoms with Crippen LogP contribution in [0.2, 0.25) is 0 Å². The lowest BCUT2D eigenvalue weighted by molar-refractivity contribution is -0.133. The van der Waals surface area contributed by atoms with E-state index in [1.165, 1.54) is 0 Å². The van der Waals surface area contributed by atoms with Gasteiger partial charge < -0.3 is 0 Å². The van der Waals surface area contributed by atoms with Gasteiger partial charge in [-0.15, -0.1) is 0 Å². The standard InChI is InChI=1S/C5H4N6O2/c6-10-8-3(12)5(1-2-5)4(13)9-11-7/h1-2H2. The molecule has 2 amide bonds. The zero-order valence-electron chi connectivity index (χ0n) is 6.41. The summed E-state index contributed by atoms with van der Waals surface area (Å²) in [6, 6.07) is 0. The predicted octanol–water partition coefficient (Wildman–Crippen LogP) is 1.44. The molecule has 13 heavy (non-hydrogen) atoms. The third kappa shape index (κ3) is 1.44. The van der Waals surface area contributed by atoms with Gasteiger partial charge in [-0.3, -0.25) is 9.59 Å². The maximum Gasteiger partial charge on any atom is 0.232 e. The number of hydrogen-bond donors (Lipinski definition) is 0. The maximum atomic E-state index is 11.0. The van der Waals surface area contributed by atoms with Crippen LogP contribution in [0, 0.1) is 5.41 Å². The van der Waals surface area contributed by atoms with Gasteiger partial charge in [0, 0.05) is 9.82 Å². The van der Waals surface area contributed by atoms with E-state index in [1.807, 2.05) is 0 Å². The van der Waals surface area contributed by atoms with E-state index in [-0.39, 0.29) is 12.8 Å². The van der Waals surface area contributed by atoms with Gasteiger partial charge in [0.2, 0.25) is 11.8 Å². The van der Waals surface area contributed by atoms with Gasteiger partial charge in [-0.2, -0.15) is 0 Å². The summed E-state index contributed by atoms with van der Waals surface area (Å²) in [4.78, 5) is 26.6. The van der Waals surface area contributed by atoms with Crippen molar-refractivity contribution in [3.8, 4) is 0 Å². The van der Waals surface area contributed by atoms with Crippen molar-refractivity contribution in [3.05, 3.63) is 20.9 Å². The monoisotopic (exact) mass is 180 g/mol. The Bertz CT molecular complexity index is 325. The second-order valence-electron chi connectivity index (χ2n) is 2.57. The zero-order chi connectivity index (χ0) is 9.90. The van der Waals surface area contributed by atoms with Gasteiger partial charge in [0.15, 0.2) is 0 Å². The van der Waals surface area contributed by atoms with Crippen molar-refractivity contribution in [1.82, 2.24) is 0 Å². The van der Waals surface area contributed by atoms with Crippen LogP contribution >= 0.6 is 0 Å². The second kappa shape index (κ2) is 3.14. The van der Waals surface area contributed by atoms with Crippen molar-refractivity contribution >= 4 is 11.8 Å². The van der Waals surface area contributed by atoms with Gasteiger partial charge in [0.25, 0.3) is 0 Å². The Hall–Kier alpha value is -2.04. The number of amides is 2. The van der Waals surface area contributed by atoms with Crippen LogP contribution in [-0.2, 0) is 9.59 Å². The first-order valence-electron chi connectivity index (χ1n) is 3.36. The number of nitrogens with zero attached hydrogens (tertiary/aromatic N) is 6. The van der Waals surface area contributed by atoms with Gasteiger partial charge in [0.1, 0.15) is 5.41 Å². The van der Waals surface area contributed by atoms with E-state index >= 15 is 0 Å². The normalized spacial score (nSPS) is 16.3. The van der Waals surface area contributed by atoms with Crippen molar-refractivity contribution in [3.63, 3.8) is 0 Å². The molecule has 66 valence electrons. The molecule has 0 saturated heterocycles. The van der Waals surface area contributed by atoms with E-state index in [1.54, 1.807) is 0 Å². The van der Waals surface area contributed by atoms with E-state index in [0.29, 0.717) is 0 Å².